The van der Waals surface area contributed by atoms with E-state index in [1.165, 1.54) is 11.3 Å². The molecule has 2 heterocycles. The molecule has 0 aliphatic heterocycles. The first-order chi connectivity index (χ1) is 14.7. The van der Waals surface area contributed by atoms with E-state index in [0.29, 0.717) is 0 Å². The van der Waals surface area contributed by atoms with Crippen LogP contribution in [0.4, 0.5) is 5.69 Å². The molecule has 0 saturated heterocycles. The summed E-state index contributed by atoms with van der Waals surface area (Å²) in [6, 6.07) is 19.8. The number of thiazole rings is 1. The van der Waals surface area contributed by atoms with Gasteiger partial charge in [0.15, 0.2) is 0 Å². The number of rotatable bonds is 5. The Labute approximate surface area is 187 Å². The van der Waals surface area contributed by atoms with Crippen LogP contribution in [0.2, 0.25) is 0 Å². The van der Waals surface area contributed by atoms with Crippen LogP contribution in [-0.4, -0.2) is 22.5 Å². The molecule has 5 nitrogen and oxygen atoms in total. The predicted molar refractivity (Wildman–Crippen MR) is 126 cm³/mol. The van der Waals surface area contributed by atoms with E-state index in [4.69, 9.17) is 14.8 Å². The summed E-state index contributed by atoms with van der Waals surface area (Å²) < 4.78 is 8.36. The maximum absolute atomic E-state index is 5.47. The number of hydrogen-bond donors (Lipinski definition) is 0. The molecule has 30 heavy (non-hydrogen) atoms. The Morgan fingerprint density at radius 3 is 2.63 bits per heavy atom. The predicted octanol–water partition coefficient (Wildman–Crippen LogP) is 5.89. The zero-order valence-corrected chi connectivity index (χ0v) is 18.9. The normalized spacial score (nSPS) is 12.2. The van der Waals surface area contributed by atoms with Crippen molar-refractivity contribution in [3.8, 4) is 17.0 Å². The van der Waals surface area contributed by atoms with Crippen LogP contribution in [0.3, 0.4) is 0 Å². The fourth-order valence-electron chi connectivity index (χ4n) is 2.95. The molecule has 0 N–H and O–H groups in total. The van der Waals surface area contributed by atoms with Crippen molar-refractivity contribution < 1.29 is 4.74 Å². The van der Waals surface area contributed by atoms with Crippen molar-refractivity contribution in [1.29, 1.82) is 0 Å². The van der Waals surface area contributed by atoms with E-state index in [1.54, 1.807) is 19.5 Å². The molecule has 0 atom stereocenters. The summed E-state index contributed by atoms with van der Waals surface area (Å²) >= 11 is 5.10. The summed E-state index contributed by atoms with van der Waals surface area (Å²) in [4.78, 5) is 9.70. The number of methoxy groups -OCH3 is 1. The standard InChI is InChI=1S/C23H19BrN4OS/c1-16(17-10-12-25-13-11-17)27-28-21(18-6-5-7-19(24)14-18)15-30-23(28)26-20-8-3-4-9-22(20)29-2/h3-15H,1-2H3/b26-23?,27-16-. The SMILES string of the molecule is COc1ccccc1N=c1scc(-c2cccc(Br)c2)n1/N=C(/C)c1ccncc1. The minimum Gasteiger partial charge on any atom is -0.494 e. The summed E-state index contributed by atoms with van der Waals surface area (Å²) in [5, 5.41) is 6.98. The van der Waals surface area contributed by atoms with Gasteiger partial charge in [0.05, 0.1) is 18.5 Å². The van der Waals surface area contributed by atoms with Crippen LogP contribution < -0.4 is 9.54 Å². The lowest BCUT2D eigenvalue weighted by Gasteiger charge is -2.07. The molecule has 150 valence electrons. The van der Waals surface area contributed by atoms with Gasteiger partial charge in [-0.2, -0.15) is 5.10 Å². The van der Waals surface area contributed by atoms with Crippen molar-refractivity contribution in [2.45, 2.75) is 6.92 Å². The first-order valence-electron chi connectivity index (χ1n) is 9.26. The van der Waals surface area contributed by atoms with Crippen LogP contribution in [0, 0.1) is 0 Å². The fourth-order valence-corrected chi connectivity index (χ4v) is 4.19. The van der Waals surface area contributed by atoms with Gasteiger partial charge in [-0.15, -0.1) is 11.3 Å². The molecule has 0 spiro atoms. The number of ether oxygens (including phenoxy) is 1. The number of benzene rings is 2. The molecule has 0 amide bonds. The van der Waals surface area contributed by atoms with Crippen molar-refractivity contribution in [3.05, 3.63) is 93.3 Å². The van der Waals surface area contributed by atoms with Crippen LogP contribution in [0.15, 0.2) is 93.0 Å². The number of pyridine rings is 1. The lowest BCUT2D eigenvalue weighted by Crippen LogP contribution is -2.14. The van der Waals surface area contributed by atoms with Crippen LogP contribution in [0.1, 0.15) is 12.5 Å². The summed E-state index contributed by atoms with van der Waals surface area (Å²) in [6.07, 6.45) is 3.53. The number of aromatic nitrogens is 2. The van der Waals surface area contributed by atoms with Crippen molar-refractivity contribution in [1.82, 2.24) is 9.66 Å². The minimum atomic E-state index is 0.719. The van der Waals surface area contributed by atoms with Gasteiger partial charge in [-0.1, -0.05) is 40.2 Å². The first-order valence-corrected chi connectivity index (χ1v) is 10.9. The quantitative estimate of drug-likeness (QED) is 0.336. The molecule has 7 heteroatoms. The average molecular weight is 479 g/mol. The Hall–Kier alpha value is -3.03. The Bertz CT molecular complexity index is 1260. The molecule has 0 radical (unpaired) electrons. The third kappa shape index (κ3) is 4.42. The van der Waals surface area contributed by atoms with Gasteiger partial charge in [-0.25, -0.2) is 9.67 Å². The van der Waals surface area contributed by atoms with Gasteiger partial charge in [0.25, 0.3) is 0 Å². The van der Waals surface area contributed by atoms with E-state index in [2.05, 4.69) is 38.4 Å². The van der Waals surface area contributed by atoms with Crippen LogP contribution in [0.5, 0.6) is 5.75 Å². The van der Waals surface area contributed by atoms with E-state index in [1.807, 2.05) is 60.1 Å². The van der Waals surface area contributed by atoms with E-state index < -0.39 is 0 Å². The van der Waals surface area contributed by atoms with Gasteiger partial charge in [0, 0.05) is 33.4 Å². The van der Waals surface area contributed by atoms with Gasteiger partial charge in [-0.3, -0.25) is 4.98 Å². The minimum absolute atomic E-state index is 0.719. The van der Waals surface area contributed by atoms with E-state index in [0.717, 1.165) is 43.2 Å². The van der Waals surface area contributed by atoms with Crippen molar-refractivity contribution in [3.63, 3.8) is 0 Å². The van der Waals surface area contributed by atoms with E-state index in [-0.39, 0.29) is 0 Å². The van der Waals surface area contributed by atoms with Crippen LogP contribution in [0.25, 0.3) is 11.3 Å². The van der Waals surface area contributed by atoms with Gasteiger partial charge in [0.2, 0.25) is 4.80 Å². The van der Waals surface area contributed by atoms with Crippen molar-refractivity contribution >= 4 is 38.7 Å². The number of nitrogens with zero attached hydrogens (tertiary/aromatic N) is 4. The molecule has 0 aliphatic rings. The van der Waals surface area contributed by atoms with Crippen molar-refractivity contribution in [2.24, 2.45) is 10.1 Å². The highest BCUT2D eigenvalue weighted by atomic mass is 79.9. The van der Waals surface area contributed by atoms with Gasteiger partial charge in [0.1, 0.15) is 11.4 Å². The number of halogens is 1. The third-order valence-corrected chi connectivity index (χ3v) is 5.76. The Kier molecular flexibility index (Phi) is 6.21. The summed E-state index contributed by atoms with van der Waals surface area (Å²) in [6.45, 7) is 1.98. The van der Waals surface area contributed by atoms with Crippen LogP contribution in [-0.2, 0) is 0 Å². The highest BCUT2D eigenvalue weighted by molar-refractivity contribution is 9.10. The number of hydrogen-bond acceptors (Lipinski definition) is 5. The van der Waals surface area contributed by atoms with Crippen molar-refractivity contribution in [2.75, 3.05) is 7.11 Å². The van der Waals surface area contributed by atoms with Gasteiger partial charge < -0.3 is 4.74 Å². The van der Waals surface area contributed by atoms with Crippen LogP contribution >= 0.6 is 27.3 Å². The molecule has 0 aliphatic carbocycles. The molecule has 0 fully saturated rings. The topological polar surface area (TPSA) is 51.8 Å². The van der Waals surface area contributed by atoms with E-state index in [9.17, 15) is 0 Å². The molecule has 0 saturated carbocycles. The highest BCUT2D eigenvalue weighted by Crippen LogP contribution is 2.27. The second-order valence-electron chi connectivity index (χ2n) is 6.43. The average Bonchev–Trinajstić information content (AvgIpc) is 3.16. The molecule has 4 aromatic rings. The molecule has 2 aromatic carbocycles. The second-order valence-corrected chi connectivity index (χ2v) is 8.18. The smallest absolute Gasteiger partial charge is 0.211 e. The third-order valence-electron chi connectivity index (χ3n) is 4.46. The zero-order valence-electron chi connectivity index (χ0n) is 16.5. The zero-order chi connectivity index (χ0) is 20.9. The van der Waals surface area contributed by atoms with E-state index >= 15 is 0 Å². The summed E-state index contributed by atoms with van der Waals surface area (Å²) in [5.41, 5.74) is 4.64. The molecular weight excluding hydrogens is 460 g/mol. The number of para-hydroxylation sites is 2. The molecule has 0 bridgehead atoms. The Balaban J connectivity index is 1.92. The molecule has 0 unspecified atom stereocenters. The Morgan fingerprint density at radius 2 is 1.87 bits per heavy atom. The maximum Gasteiger partial charge on any atom is 0.211 e. The lowest BCUT2D eigenvalue weighted by molar-refractivity contribution is 0.416. The largest absolute Gasteiger partial charge is 0.494 e. The second kappa shape index (κ2) is 9.19. The highest BCUT2D eigenvalue weighted by Gasteiger charge is 2.10. The lowest BCUT2D eigenvalue weighted by atomic mass is 10.2. The van der Waals surface area contributed by atoms with Gasteiger partial charge >= 0.3 is 0 Å². The first kappa shape index (κ1) is 20.3. The summed E-state index contributed by atoms with van der Waals surface area (Å²) in [5.74, 6) is 0.719. The molecular formula is C23H19BrN4OS. The Morgan fingerprint density at radius 1 is 1.07 bits per heavy atom. The molecule has 4 rings (SSSR count). The monoisotopic (exact) mass is 478 g/mol. The maximum atomic E-state index is 5.47. The molecule has 2 aromatic heterocycles. The fraction of sp³-hybridized carbons (Fsp3) is 0.0870. The summed E-state index contributed by atoms with van der Waals surface area (Å²) in [7, 11) is 1.65. The van der Waals surface area contributed by atoms with Gasteiger partial charge in [-0.05, 0) is 43.3 Å².